The van der Waals surface area contributed by atoms with Crippen molar-refractivity contribution in [1.82, 2.24) is 4.98 Å². The van der Waals surface area contributed by atoms with E-state index in [4.69, 9.17) is 9.84 Å². The first-order valence-corrected chi connectivity index (χ1v) is 5.43. The zero-order chi connectivity index (χ0) is 12.1. The molecule has 1 aromatic rings. The van der Waals surface area contributed by atoms with Crippen LogP contribution >= 0.6 is 11.3 Å². The Hall–Kier alpha value is -1.47. The lowest BCUT2D eigenvalue weighted by molar-refractivity contribution is -0.149. The van der Waals surface area contributed by atoms with Gasteiger partial charge in [-0.15, -0.1) is 11.3 Å². The molecule has 0 saturated heterocycles. The van der Waals surface area contributed by atoms with Crippen molar-refractivity contribution in [3.05, 3.63) is 11.1 Å². The van der Waals surface area contributed by atoms with Gasteiger partial charge < -0.3 is 15.2 Å². The average molecular weight is 244 g/mol. The van der Waals surface area contributed by atoms with E-state index in [-0.39, 0.29) is 12.5 Å². The van der Waals surface area contributed by atoms with E-state index >= 15 is 0 Å². The highest BCUT2D eigenvalue weighted by atomic mass is 32.1. The fourth-order valence-electron chi connectivity index (χ4n) is 0.863. The van der Waals surface area contributed by atoms with Crippen molar-refractivity contribution in [1.29, 1.82) is 0 Å². The maximum absolute atomic E-state index is 10.7. The third kappa shape index (κ3) is 3.95. The molecule has 0 spiro atoms. The summed E-state index contributed by atoms with van der Waals surface area (Å²) in [6.07, 6.45) is -0.870. The second-order valence-electron chi connectivity index (χ2n) is 3.12. The summed E-state index contributed by atoms with van der Waals surface area (Å²) in [6, 6.07) is 0. The molecule has 88 valence electrons. The summed E-state index contributed by atoms with van der Waals surface area (Å²) < 4.78 is 5.04. The highest BCUT2D eigenvalue weighted by molar-refractivity contribution is 7.13. The maximum Gasteiger partial charge on any atom is 0.332 e. The first-order chi connectivity index (χ1) is 7.49. The molecule has 1 amide bonds. The molecule has 0 unspecified atom stereocenters. The number of nitrogens with zero attached hydrogens (tertiary/aromatic N) is 1. The van der Waals surface area contributed by atoms with Gasteiger partial charge in [0.15, 0.2) is 11.2 Å². The highest BCUT2D eigenvalue weighted by Crippen LogP contribution is 2.16. The van der Waals surface area contributed by atoms with Crippen LogP contribution in [0.4, 0.5) is 5.13 Å². The SMILES string of the molecule is CC(=O)Nc1nc(CO[C@@H](C)C(=O)O)cs1. The van der Waals surface area contributed by atoms with Gasteiger partial charge in [-0.2, -0.15) is 0 Å². The number of nitrogens with one attached hydrogen (secondary N) is 1. The monoisotopic (exact) mass is 244 g/mol. The zero-order valence-electron chi connectivity index (χ0n) is 8.89. The summed E-state index contributed by atoms with van der Waals surface area (Å²) >= 11 is 1.27. The summed E-state index contributed by atoms with van der Waals surface area (Å²) in [7, 11) is 0. The molecule has 0 bridgehead atoms. The number of thiazole rings is 1. The standard InChI is InChI=1S/C9H12N2O4S/c1-5(8(13)14)15-3-7-4-16-9(11-7)10-6(2)12/h4-5H,3H2,1-2H3,(H,13,14)(H,10,11,12)/t5-/m0/s1. The third-order valence-corrected chi connectivity index (χ3v) is 2.47. The lowest BCUT2D eigenvalue weighted by atomic mass is 10.4. The molecule has 0 radical (unpaired) electrons. The van der Waals surface area contributed by atoms with Crippen molar-refractivity contribution in [2.45, 2.75) is 26.6 Å². The molecule has 1 atom stereocenters. The fourth-order valence-corrected chi connectivity index (χ4v) is 1.60. The van der Waals surface area contributed by atoms with E-state index in [2.05, 4.69) is 10.3 Å². The Morgan fingerprint density at radius 1 is 1.69 bits per heavy atom. The van der Waals surface area contributed by atoms with Crippen molar-refractivity contribution in [3.63, 3.8) is 0 Å². The molecule has 0 fully saturated rings. The number of carboxylic acid groups (broad SMARTS) is 1. The first-order valence-electron chi connectivity index (χ1n) is 4.55. The highest BCUT2D eigenvalue weighted by Gasteiger charge is 2.12. The molecule has 16 heavy (non-hydrogen) atoms. The minimum Gasteiger partial charge on any atom is -0.479 e. The van der Waals surface area contributed by atoms with Crippen LogP contribution < -0.4 is 5.32 Å². The van der Waals surface area contributed by atoms with E-state index in [1.54, 1.807) is 5.38 Å². The second-order valence-corrected chi connectivity index (χ2v) is 3.97. The molecule has 1 heterocycles. The topological polar surface area (TPSA) is 88.5 Å². The molecule has 2 N–H and O–H groups in total. The van der Waals surface area contributed by atoms with Crippen LogP contribution in [-0.2, 0) is 20.9 Å². The van der Waals surface area contributed by atoms with Crippen molar-refractivity contribution < 1.29 is 19.4 Å². The Morgan fingerprint density at radius 2 is 2.38 bits per heavy atom. The zero-order valence-corrected chi connectivity index (χ0v) is 9.71. The summed E-state index contributed by atoms with van der Waals surface area (Å²) in [4.78, 5) is 25.2. The summed E-state index contributed by atoms with van der Waals surface area (Å²) in [6.45, 7) is 2.96. The molecule has 1 aromatic heterocycles. The molecule has 6 nitrogen and oxygen atoms in total. The maximum atomic E-state index is 10.7. The van der Waals surface area contributed by atoms with Gasteiger partial charge in [-0.3, -0.25) is 4.79 Å². The number of hydrogen-bond donors (Lipinski definition) is 2. The number of ether oxygens (including phenoxy) is 1. The van der Waals surface area contributed by atoms with Crippen LogP contribution in [0.5, 0.6) is 0 Å². The van der Waals surface area contributed by atoms with Gasteiger partial charge in [0.05, 0.1) is 12.3 Å². The summed E-state index contributed by atoms with van der Waals surface area (Å²) in [5.74, 6) is -1.21. The normalized spacial score (nSPS) is 12.1. The Morgan fingerprint density at radius 3 is 2.94 bits per heavy atom. The first kappa shape index (κ1) is 12.6. The third-order valence-electron chi connectivity index (χ3n) is 1.66. The molecular formula is C9H12N2O4S. The Labute approximate surface area is 96.3 Å². The molecule has 0 aliphatic rings. The van der Waals surface area contributed by atoms with Crippen molar-refractivity contribution in [2.24, 2.45) is 0 Å². The van der Waals surface area contributed by atoms with Crippen LogP contribution in [0.15, 0.2) is 5.38 Å². The van der Waals surface area contributed by atoms with Gasteiger partial charge in [-0.25, -0.2) is 9.78 Å². The predicted molar refractivity (Wildman–Crippen MR) is 58.3 cm³/mol. The van der Waals surface area contributed by atoms with Crippen LogP contribution in [0.1, 0.15) is 19.5 Å². The van der Waals surface area contributed by atoms with E-state index in [1.807, 2.05) is 0 Å². The van der Waals surface area contributed by atoms with E-state index in [0.717, 1.165) is 0 Å². The Kier molecular flexibility index (Phi) is 4.39. The van der Waals surface area contributed by atoms with E-state index in [0.29, 0.717) is 10.8 Å². The Bertz CT molecular complexity index is 391. The van der Waals surface area contributed by atoms with Gasteiger partial charge in [0.2, 0.25) is 5.91 Å². The number of rotatable bonds is 5. The van der Waals surface area contributed by atoms with E-state index in [9.17, 15) is 9.59 Å². The number of aromatic nitrogens is 1. The molecule has 1 rings (SSSR count). The quantitative estimate of drug-likeness (QED) is 0.809. The largest absolute Gasteiger partial charge is 0.479 e. The lowest BCUT2D eigenvalue weighted by Crippen LogP contribution is -2.19. The lowest BCUT2D eigenvalue weighted by Gasteiger charge is -2.05. The molecule has 0 aliphatic carbocycles. The predicted octanol–water partition coefficient (Wildman–Crippen LogP) is 1.09. The number of carboxylic acids is 1. The van der Waals surface area contributed by atoms with Gasteiger partial charge in [-0.1, -0.05) is 0 Å². The van der Waals surface area contributed by atoms with Crippen molar-refractivity contribution >= 4 is 28.3 Å². The number of amides is 1. The minimum atomic E-state index is -1.02. The second kappa shape index (κ2) is 5.57. The number of aliphatic carboxylic acids is 1. The minimum absolute atomic E-state index is 0.115. The number of carbonyl (C=O) groups is 2. The van der Waals surface area contributed by atoms with Gasteiger partial charge in [0.25, 0.3) is 0 Å². The molecule has 0 saturated carbocycles. The van der Waals surface area contributed by atoms with Crippen LogP contribution in [0.2, 0.25) is 0 Å². The molecular weight excluding hydrogens is 232 g/mol. The van der Waals surface area contributed by atoms with E-state index < -0.39 is 12.1 Å². The van der Waals surface area contributed by atoms with Gasteiger partial charge in [-0.05, 0) is 6.92 Å². The number of hydrogen-bond acceptors (Lipinski definition) is 5. The van der Waals surface area contributed by atoms with Crippen molar-refractivity contribution in [3.8, 4) is 0 Å². The van der Waals surface area contributed by atoms with Gasteiger partial charge in [0, 0.05) is 12.3 Å². The van der Waals surface area contributed by atoms with Crippen LogP contribution in [0.3, 0.4) is 0 Å². The molecule has 7 heteroatoms. The molecule has 0 aromatic carbocycles. The van der Waals surface area contributed by atoms with Crippen LogP contribution in [0.25, 0.3) is 0 Å². The van der Waals surface area contributed by atoms with Gasteiger partial charge in [0.1, 0.15) is 0 Å². The number of carbonyl (C=O) groups excluding carboxylic acids is 1. The van der Waals surface area contributed by atoms with E-state index in [1.165, 1.54) is 25.2 Å². The van der Waals surface area contributed by atoms with Crippen LogP contribution in [0, 0.1) is 0 Å². The molecule has 0 aliphatic heterocycles. The van der Waals surface area contributed by atoms with Crippen LogP contribution in [-0.4, -0.2) is 28.1 Å². The number of anilines is 1. The smallest absolute Gasteiger partial charge is 0.332 e. The summed E-state index contributed by atoms with van der Waals surface area (Å²) in [5.41, 5.74) is 0.599. The summed E-state index contributed by atoms with van der Waals surface area (Å²) in [5, 5.41) is 13.3. The fraction of sp³-hybridized carbons (Fsp3) is 0.444. The van der Waals surface area contributed by atoms with Gasteiger partial charge >= 0.3 is 5.97 Å². The van der Waals surface area contributed by atoms with Crippen molar-refractivity contribution in [2.75, 3.05) is 5.32 Å². The average Bonchev–Trinajstić information content (AvgIpc) is 2.60. The Balaban J connectivity index is 2.46.